The quantitative estimate of drug-likeness (QED) is 0.235. The predicted octanol–water partition coefficient (Wildman–Crippen LogP) is 0.648. The van der Waals surface area contributed by atoms with Crippen LogP contribution in [0.1, 0.15) is 0 Å². The molecule has 0 fully saturated rings. The summed E-state index contributed by atoms with van der Waals surface area (Å²) in [7, 11) is 3.12. The Hall–Kier alpha value is -0.190. The van der Waals surface area contributed by atoms with Crippen LogP contribution in [0.15, 0.2) is 4.76 Å². The number of nitrogens with zero attached hydrogens (tertiary/aromatic N) is 1. The molecule has 0 saturated carbocycles. The smallest absolute Gasteiger partial charge is 0.211 e. The molecule has 0 bridgehead atoms. The standard InChI is InChI=1S/CNOP/c3-1-2-4. The van der Waals surface area contributed by atoms with Gasteiger partial charge in [-0.3, -0.25) is 0 Å². The summed E-state index contributed by atoms with van der Waals surface area (Å²) in [6.45, 7) is 0. The molecule has 2 nitrogen and oxygen atoms in total. The molecule has 0 heterocycles. The molecule has 0 aliphatic rings. The molecule has 0 unspecified atom stereocenters. The van der Waals surface area contributed by atoms with Gasteiger partial charge in [-0.25, -0.2) is 4.79 Å². The van der Waals surface area contributed by atoms with E-state index in [0.29, 0.717) is 0 Å². The Balaban J connectivity index is 3.11. The van der Waals surface area contributed by atoms with Crippen LogP contribution in [0, 0.1) is 0 Å². The van der Waals surface area contributed by atoms with Gasteiger partial charge in [-0.1, -0.05) is 0 Å². The largest absolute Gasteiger partial charge is 0.239 e. The van der Waals surface area contributed by atoms with Crippen LogP contribution in [0.25, 0.3) is 0 Å². The average molecular weight is 73.0 g/mol. The number of isocyanates is 1. The highest BCUT2D eigenvalue weighted by Gasteiger charge is 1.33. The Bertz CT molecular complexity index is 46.0. The molecular formula is CNOP. The van der Waals surface area contributed by atoms with Crippen molar-refractivity contribution in [2.24, 2.45) is 4.76 Å². The maximum Gasteiger partial charge on any atom is 0.239 e. The summed E-state index contributed by atoms with van der Waals surface area (Å²) < 4.78 is 2.62. The number of rotatable bonds is 0. The summed E-state index contributed by atoms with van der Waals surface area (Å²) in [5.74, 6) is 0. The summed E-state index contributed by atoms with van der Waals surface area (Å²) in [6.07, 6.45) is 1.17. The van der Waals surface area contributed by atoms with Crippen molar-refractivity contribution in [3.8, 4) is 0 Å². The van der Waals surface area contributed by atoms with E-state index in [4.69, 9.17) is 4.79 Å². The first kappa shape index (κ1) is 3.81. The van der Waals surface area contributed by atoms with Crippen LogP contribution in [0.3, 0.4) is 0 Å². The summed E-state index contributed by atoms with van der Waals surface area (Å²) in [5, 5.41) is 0. The molecule has 0 N–H and O–H groups in total. The molecule has 0 aromatic carbocycles. The lowest BCUT2D eigenvalue weighted by atomic mass is 11.7. The fourth-order valence-electron chi connectivity index (χ4n) is 0. The Kier molecular flexibility index (Phi) is 2.68. The lowest BCUT2D eigenvalue weighted by Gasteiger charge is -1.31. The van der Waals surface area contributed by atoms with E-state index >= 15 is 0 Å². The average Bonchev–Trinajstić information content (AvgIpc) is 1.37. The number of carbonyl (C=O) groups excluding carboxylic acids is 1. The van der Waals surface area contributed by atoms with E-state index in [1.165, 1.54) is 6.08 Å². The second-order valence-electron chi connectivity index (χ2n) is 0.191. The molecule has 0 aliphatic carbocycles. The maximum absolute atomic E-state index is 8.81. The molecule has 0 atom stereocenters. The molecule has 2 radical (unpaired) electrons. The zero-order valence-corrected chi connectivity index (χ0v) is 2.70. The monoisotopic (exact) mass is 73.0 g/mol. The van der Waals surface area contributed by atoms with Crippen LogP contribution in [-0.4, -0.2) is 6.08 Å². The van der Waals surface area contributed by atoms with Crippen molar-refractivity contribution in [2.75, 3.05) is 0 Å². The Morgan fingerprint density at radius 3 is 2.25 bits per heavy atom. The highest BCUT2D eigenvalue weighted by atomic mass is 31.0. The number of hydrogen-bond acceptors (Lipinski definition) is 2. The van der Waals surface area contributed by atoms with Gasteiger partial charge in [0.05, 0.1) is 0 Å². The molecular weight excluding hydrogens is 73.0 g/mol. The van der Waals surface area contributed by atoms with Gasteiger partial charge in [-0.2, -0.15) is 4.76 Å². The Morgan fingerprint density at radius 2 is 2.25 bits per heavy atom. The van der Waals surface area contributed by atoms with Crippen molar-refractivity contribution in [1.29, 1.82) is 0 Å². The van der Waals surface area contributed by atoms with Crippen LogP contribution >= 0.6 is 9.39 Å². The highest BCUT2D eigenvalue weighted by molar-refractivity contribution is 7.14. The van der Waals surface area contributed by atoms with Crippen molar-refractivity contribution < 1.29 is 4.79 Å². The minimum atomic E-state index is 1.17. The second-order valence-corrected chi connectivity index (χ2v) is 0.391. The Labute approximate surface area is 26.2 Å². The van der Waals surface area contributed by atoms with E-state index < -0.39 is 0 Å². The lowest BCUT2D eigenvalue weighted by Crippen LogP contribution is -1.25. The SMILES string of the molecule is O=C=N[P]. The first-order valence-electron chi connectivity index (χ1n) is 0.628. The molecule has 0 saturated heterocycles. The normalized spacial score (nSPS) is 4.25. The Morgan fingerprint density at radius 1 is 2.00 bits per heavy atom. The van der Waals surface area contributed by atoms with Crippen molar-refractivity contribution in [2.45, 2.75) is 0 Å². The van der Waals surface area contributed by atoms with Crippen molar-refractivity contribution >= 4 is 15.5 Å². The van der Waals surface area contributed by atoms with Crippen LogP contribution < -0.4 is 0 Å². The van der Waals surface area contributed by atoms with Crippen molar-refractivity contribution in [3.05, 3.63) is 0 Å². The molecule has 0 aromatic rings. The molecule has 3 heteroatoms. The van der Waals surface area contributed by atoms with Gasteiger partial charge in [0.15, 0.2) is 0 Å². The summed E-state index contributed by atoms with van der Waals surface area (Å²) in [5.41, 5.74) is 0. The van der Waals surface area contributed by atoms with Gasteiger partial charge in [0.2, 0.25) is 6.08 Å². The lowest BCUT2D eigenvalue weighted by molar-refractivity contribution is 0.566. The summed E-state index contributed by atoms with van der Waals surface area (Å²) in [4.78, 5) is 8.81. The van der Waals surface area contributed by atoms with E-state index in [-0.39, 0.29) is 0 Å². The van der Waals surface area contributed by atoms with E-state index in [1.54, 1.807) is 0 Å². The maximum atomic E-state index is 8.81. The fourth-order valence-corrected chi connectivity index (χ4v) is 0. The topological polar surface area (TPSA) is 29.4 Å². The van der Waals surface area contributed by atoms with Gasteiger partial charge in [0.25, 0.3) is 0 Å². The molecule has 4 heavy (non-hydrogen) atoms. The first-order chi connectivity index (χ1) is 1.91. The highest BCUT2D eigenvalue weighted by Crippen LogP contribution is 1.69. The first-order valence-corrected chi connectivity index (χ1v) is 1.03. The second kappa shape index (κ2) is 2.81. The third-order valence-corrected chi connectivity index (χ3v) is 0.122. The van der Waals surface area contributed by atoms with E-state index in [2.05, 4.69) is 14.2 Å². The van der Waals surface area contributed by atoms with Crippen LogP contribution in [-0.2, 0) is 4.79 Å². The third kappa shape index (κ3) is 1.81. The molecule has 0 spiro atoms. The van der Waals surface area contributed by atoms with Gasteiger partial charge in [-0.05, 0) is 0 Å². The number of hydrogen-bond donors (Lipinski definition) is 0. The van der Waals surface area contributed by atoms with Crippen molar-refractivity contribution in [1.82, 2.24) is 0 Å². The molecule has 20 valence electrons. The molecule has 0 rings (SSSR count). The summed E-state index contributed by atoms with van der Waals surface area (Å²) in [6, 6.07) is 0. The van der Waals surface area contributed by atoms with Crippen molar-refractivity contribution in [3.63, 3.8) is 0 Å². The van der Waals surface area contributed by atoms with E-state index in [0.717, 1.165) is 0 Å². The molecule has 0 aromatic heterocycles. The molecule has 0 aliphatic heterocycles. The van der Waals surface area contributed by atoms with Gasteiger partial charge in [0, 0.05) is 0 Å². The summed E-state index contributed by atoms with van der Waals surface area (Å²) >= 11 is 0. The van der Waals surface area contributed by atoms with Crippen LogP contribution in [0.4, 0.5) is 0 Å². The van der Waals surface area contributed by atoms with Crippen LogP contribution in [0.5, 0.6) is 0 Å². The van der Waals surface area contributed by atoms with Gasteiger partial charge in [-0.15, -0.1) is 0 Å². The van der Waals surface area contributed by atoms with E-state index in [1.807, 2.05) is 0 Å². The zero-order chi connectivity index (χ0) is 3.41. The molecule has 0 amide bonds. The van der Waals surface area contributed by atoms with Gasteiger partial charge in [0.1, 0.15) is 9.39 Å². The van der Waals surface area contributed by atoms with Crippen LogP contribution in [0.2, 0.25) is 0 Å². The van der Waals surface area contributed by atoms with Gasteiger partial charge < -0.3 is 0 Å². The third-order valence-electron chi connectivity index (χ3n) is 0.0408. The minimum Gasteiger partial charge on any atom is -0.211 e. The van der Waals surface area contributed by atoms with Gasteiger partial charge >= 0.3 is 0 Å². The minimum absolute atomic E-state index is 1.17. The fraction of sp³-hybridized carbons (Fsp3) is 0. The zero-order valence-electron chi connectivity index (χ0n) is 1.80. The predicted molar refractivity (Wildman–Crippen MR) is 15.0 cm³/mol. The van der Waals surface area contributed by atoms with E-state index in [9.17, 15) is 0 Å².